The second-order valence-electron chi connectivity index (χ2n) is 8.50. The zero-order valence-electron chi connectivity index (χ0n) is 20.3. The molecule has 0 amide bonds. The number of aromatic hydroxyl groups is 3. The second kappa shape index (κ2) is 10.8. The Kier molecular flexibility index (Phi) is 7.53. The molecular weight excluding hydrogens is 448 g/mol. The first kappa shape index (κ1) is 24.5. The van der Waals surface area contributed by atoms with Crippen LogP contribution in [0.5, 0.6) is 34.5 Å². The maximum atomic E-state index is 11.1. The van der Waals surface area contributed by atoms with Gasteiger partial charge in [0, 0.05) is 42.9 Å². The van der Waals surface area contributed by atoms with E-state index >= 15 is 0 Å². The van der Waals surface area contributed by atoms with Crippen molar-refractivity contribution in [3.05, 3.63) is 71.3 Å². The molecule has 186 valence electrons. The van der Waals surface area contributed by atoms with Crippen LogP contribution in [0.4, 0.5) is 0 Å². The first-order valence-corrected chi connectivity index (χ1v) is 11.5. The molecule has 0 aliphatic carbocycles. The molecular formula is C27H32N2O6. The number of rotatable bonds is 8. The molecule has 0 bridgehead atoms. The summed E-state index contributed by atoms with van der Waals surface area (Å²) in [5.74, 6) is 1.50. The molecule has 1 heterocycles. The molecule has 0 spiro atoms. The predicted molar refractivity (Wildman–Crippen MR) is 132 cm³/mol. The van der Waals surface area contributed by atoms with Gasteiger partial charge >= 0.3 is 0 Å². The maximum absolute atomic E-state index is 11.1. The summed E-state index contributed by atoms with van der Waals surface area (Å²) in [6.45, 7) is 2.37. The normalized spacial score (nSPS) is 15.2. The average Bonchev–Trinajstić information content (AvgIpc) is 2.87. The lowest BCUT2D eigenvalue weighted by Crippen LogP contribution is -2.46. The smallest absolute Gasteiger partial charge is 0.163 e. The molecule has 0 radical (unpaired) electrons. The Morgan fingerprint density at radius 2 is 1.09 bits per heavy atom. The van der Waals surface area contributed by atoms with Crippen LogP contribution in [0, 0.1) is 0 Å². The van der Waals surface area contributed by atoms with E-state index in [1.807, 2.05) is 36.4 Å². The Morgan fingerprint density at radius 1 is 0.657 bits per heavy atom. The van der Waals surface area contributed by atoms with E-state index in [-0.39, 0.29) is 23.4 Å². The molecule has 0 aromatic heterocycles. The molecule has 1 aliphatic heterocycles. The Hall–Kier alpha value is -3.62. The van der Waals surface area contributed by atoms with Crippen LogP contribution in [0.25, 0.3) is 0 Å². The van der Waals surface area contributed by atoms with Gasteiger partial charge in [0.25, 0.3) is 0 Å². The minimum atomic E-state index is -0.338. The fraction of sp³-hybridized carbons (Fsp3) is 0.333. The molecule has 0 unspecified atom stereocenters. The van der Waals surface area contributed by atoms with E-state index in [9.17, 15) is 15.3 Å². The van der Waals surface area contributed by atoms with Gasteiger partial charge < -0.3 is 29.5 Å². The SMILES string of the molecule is COc1cccc(CN2CCCN(Cc3cccc(OC)c3O)C2c2cccc(OC)c2O)c1O. The molecule has 1 aliphatic rings. The van der Waals surface area contributed by atoms with Crippen molar-refractivity contribution in [2.75, 3.05) is 34.4 Å². The summed E-state index contributed by atoms with van der Waals surface area (Å²) in [6, 6.07) is 16.3. The summed E-state index contributed by atoms with van der Waals surface area (Å²) in [6.07, 6.45) is 0.534. The fourth-order valence-electron chi connectivity index (χ4n) is 4.75. The fourth-order valence-corrected chi connectivity index (χ4v) is 4.75. The third kappa shape index (κ3) is 4.94. The van der Waals surface area contributed by atoms with Gasteiger partial charge in [-0.25, -0.2) is 0 Å². The largest absolute Gasteiger partial charge is 0.504 e. The highest BCUT2D eigenvalue weighted by Gasteiger charge is 2.34. The van der Waals surface area contributed by atoms with Crippen molar-refractivity contribution in [2.24, 2.45) is 0 Å². The number of hydrogen-bond acceptors (Lipinski definition) is 8. The first-order valence-electron chi connectivity index (χ1n) is 11.5. The van der Waals surface area contributed by atoms with Crippen LogP contribution in [0.3, 0.4) is 0 Å². The van der Waals surface area contributed by atoms with Crippen molar-refractivity contribution < 1.29 is 29.5 Å². The van der Waals surface area contributed by atoms with Crippen LogP contribution in [0.15, 0.2) is 54.6 Å². The highest BCUT2D eigenvalue weighted by molar-refractivity contribution is 5.49. The van der Waals surface area contributed by atoms with E-state index in [2.05, 4.69) is 9.80 Å². The zero-order valence-corrected chi connectivity index (χ0v) is 20.3. The van der Waals surface area contributed by atoms with E-state index in [0.717, 1.165) is 30.6 Å². The number of hydrogen-bond donors (Lipinski definition) is 3. The van der Waals surface area contributed by atoms with Crippen molar-refractivity contribution in [3.8, 4) is 34.5 Å². The van der Waals surface area contributed by atoms with Gasteiger partial charge in [-0.3, -0.25) is 9.80 Å². The number of ether oxygens (including phenoxy) is 3. The Labute approximate surface area is 205 Å². The van der Waals surface area contributed by atoms with Crippen LogP contribution in [-0.2, 0) is 13.1 Å². The van der Waals surface area contributed by atoms with Crippen LogP contribution in [-0.4, -0.2) is 59.5 Å². The number of nitrogens with zero attached hydrogens (tertiary/aromatic N) is 2. The number of phenolic OH excluding ortho intramolecular Hbond substituents is 3. The van der Waals surface area contributed by atoms with Crippen LogP contribution < -0.4 is 14.2 Å². The van der Waals surface area contributed by atoms with Gasteiger partial charge in [-0.15, -0.1) is 0 Å². The molecule has 1 saturated heterocycles. The van der Waals surface area contributed by atoms with Crippen LogP contribution in [0.1, 0.15) is 29.3 Å². The van der Waals surface area contributed by atoms with Gasteiger partial charge in [0.15, 0.2) is 34.5 Å². The molecule has 1 fully saturated rings. The van der Waals surface area contributed by atoms with Crippen molar-refractivity contribution in [2.45, 2.75) is 25.7 Å². The number of phenols is 3. The van der Waals surface area contributed by atoms with Crippen molar-refractivity contribution in [3.63, 3.8) is 0 Å². The second-order valence-corrected chi connectivity index (χ2v) is 8.50. The molecule has 3 aromatic rings. The van der Waals surface area contributed by atoms with Crippen molar-refractivity contribution in [1.29, 1.82) is 0 Å². The van der Waals surface area contributed by atoms with Gasteiger partial charge in [-0.2, -0.15) is 0 Å². The number of methoxy groups -OCH3 is 3. The lowest BCUT2D eigenvalue weighted by molar-refractivity contribution is -0.0112. The summed E-state index contributed by atoms with van der Waals surface area (Å²) in [4.78, 5) is 4.40. The summed E-state index contributed by atoms with van der Waals surface area (Å²) in [7, 11) is 4.58. The molecule has 4 rings (SSSR count). The average molecular weight is 481 g/mol. The van der Waals surface area contributed by atoms with E-state index in [0.29, 0.717) is 35.9 Å². The molecule has 8 heteroatoms. The highest BCUT2D eigenvalue weighted by Crippen LogP contribution is 2.42. The molecule has 0 saturated carbocycles. The third-order valence-electron chi connectivity index (χ3n) is 6.46. The summed E-state index contributed by atoms with van der Waals surface area (Å²) in [5, 5.41) is 32.5. The van der Waals surface area contributed by atoms with Gasteiger partial charge in [-0.05, 0) is 24.6 Å². The first-order chi connectivity index (χ1) is 17.0. The third-order valence-corrected chi connectivity index (χ3v) is 6.46. The molecule has 3 aromatic carbocycles. The van der Waals surface area contributed by atoms with Gasteiger partial charge in [0.2, 0.25) is 0 Å². The topological polar surface area (TPSA) is 94.9 Å². The minimum absolute atomic E-state index is 0.0710. The highest BCUT2D eigenvalue weighted by atomic mass is 16.5. The van der Waals surface area contributed by atoms with Crippen molar-refractivity contribution >= 4 is 0 Å². The Bertz CT molecular complexity index is 1100. The van der Waals surface area contributed by atoms with E-state index in [1.54, 1.807) is 18.2 Å². The Balaban J connectivity index is 1.75. The summed E-state index contributed by atoms with van der Waals surface area (Å²) >= 11 is 0. The monoisotopic (exact) mass is 480 g/mol. The standard InChI is InChI=1S/C27H32N2O6/c1-33-21-11-4-8-18(24(21)30)16-28-14-7-15-29(17-19-9-5-12-22(34-2)25(19)31)27(28)20-10-6-13-23(35-3)26(20)32/h4-6,8-13,27,30-32H,7,14-17H2,1-3H3. The lowest BCUT2D eigenvalue weighted by Gasteiger charge is -2.44. The molecule has 8 nitrogen and oxygen atoms in total. The van der Waals surface area contributed by atoms with Gasteiger partial charge in [0.1, 0.15) is 0 Å². The van der Waals surface area contributed by atoms with Crippen LogP contribution >= 0.6 is 0 Å². The summed E-state index contributed by atoms with van der Waals surface area (Å²) < 4.78 is 16.0. The number of para-hydroxylation sites is 3. The van der Waals surface area contributed by atoms with Crippen molar-refractivity contribution in [1.82, 2.24) is 9.80 Å². The predicted octanol–water partition coefficient (Wildman–Crippen LogP) is 4.24. The maximum Gasteiger partial charge on any atom is 0.163 e. The summed E-state index contributed by atoms with van der Waals surface area (Å²) in [5.41, 5.74) is 2.14. The minimum Gasteiger partial charge on any atom is -0.504 e. The van der Waals surface area contributed by atoms with E-state index in [1.165, 1.54) is 21.3 Å². The van der Waals surface area contributed by atoms with Gasteiger partial charge in [-0.1, -0.05) is 36.4 Å². The Morgan fingerprint density at radius 3 is 1.54 bits per heavy atom. The van der Waals surface area contributed by atoms with E-state index in [4.69, 9.17) is 14.2 Å². The molecule has 35 heavy (non-hydrogen) atoms. The van der Waals surface area contributed by atoms with E-state index < -0.39 is 0 Å². The van der Waals surface area contributed by atoms with Gasteiger partial charge in [0.05, 0.1) is 27.5 Å². The lowest BCUT2D eigenvalue weighted by atomic mass is 10.0. The number of benzene rings is 3. The van der Waals surface area contributed by atoms with Crippen LogP contribution in [0.2, 0.25) is 0 Å². The molecule has 0 atom stereocenters. The zero-order chi connectivity index (χ0) is 24.9. The quantitative estimate of drug-likeness (QED) is 0.441. The molecule has 3 N–H and O–H groups in total.